The van der Waals surface area contributed by atoms with E-state index in [9.17, 15) is 72.1 Å². The van der Waals surface area contributed by atoms with E-state index in [-0.39, 0.29) is 123 Å². The zero-order valence-corrected chi connectivity index (χ0v) is 89.0. The second kappa shape index (κ2) is 44.4. The van der Waals surface area contributed by atoms with Crippen LogP contribution in [0.3, 0.4) is 0 Å². The molecule has 28 atom stereocenters. The van der Waals surface area contributed by atoms with Crippen molar-refractivity contribution in [1.29, 1.82) is 0 Å². The number of anilines is 4. The third-order valence-electron chi connectivity index (χ3n) is 24.6. The molecule has 7 aliphatic heterocycles. The van der Waals surface area contributed by atoms with E-state index in [0.717, 1.165) is 30.7 Å². The van der Waals surface area contributed by atoms with Crippen LogP contribution in [0.25, 0.3) is 33.5 Å². The van der Waals surface area contributed by atoms with Gasteiger partial charge in [0, 0.05) is 80.5 Å². The predicted molar refractivity (Wildman–Crippen MR) is 521 cm³/mol. The number of imidazole rings is 3. The van der Waals surface area contributed by atoms with Gasteiger partial charge >= 0.3 is 22.8 Å². The van der Waals surface area contributed by atoms with Gasteiger partial charge in [0.25, 0.3) is 33.4 Å². The SMILES string of the molecule is CC[C@H]1O[C@@H](n2cc(C)c(=O)[nH]c2=O)CC1OP([O-])(=S)OC[C@H]1O[C@@H](c2[nH]c(=O)[nH]c(=O)c2C)CC1OP(=O)([S-])OC[C@H]1O[C@@H](n2cnc3c(=O)[nH]c(N)nc32)CC1OP([O-])(=S)OC[C@H]1O[C@@H](n2cnc3c(=O)[nH]c(N)nc32)CC1OP([O-])(=S)OC[C@H]1O[C@@H](c2[nH]c(=O)[nH]c(=O)c2C)CC1OP([O-])(=S)OC[C@H]1O[C@@H](n2cnc3c(=O)[nH]c(N)nc32)CC1OP([O-])(=S)OC[C@H]1O[C@@H](c2[nH]c(=O)nc(N)c2C)CC1OP([O-])(=S)OC. The van der Waals surface area contributed by atoms with Gasteiger partial charge in [-0.1, -0.05) is 77.8 Å². The van der Waals surface area contributed by atoms with E-state index in [1.165, 1.54) is 47.6 Å². The summed E-state index contributed by atoms with van der Waals surface area (Å²) < 4.78 is 145. The third kappa shape index (κ3) is 25.7. The average Bonchev–Trinajstić information content (AvgIpc) is 1.64. The van der Waals surface area contributed by atoms with E-state index in [0.29, 0.717) is 5.56 Å². The maximum atomic E-state index is 15.1. The quantitative estimate of drug-likeness (QED) is 0.0129. The van der Waals surface area contributed by atoms with Crippen LogP contribution in [0, 0.1) is 27.7 Å². The van der Waals surface area contributed by atoms with Gasteiger partial charge in [-0.25, -0.2) is 34.1 Å². The highest BCUT2D eigenvalue weighted by Gasteiger charge is 2.50. The molecule has 0 amide bonds. The number of nitrogens with zero attached hydrogens (tertiary/aromatic N) is 11. The molecule has 0 aromatic carbocycles. The summed E-state index contributed by atoms with van der Waals surface area (Å²) in [5.41, 5.74) is 14.8. The molecule has 7 fully saturated rings. The Bertz CT molecular complexity index is 7800. The van der Waals surface area contributed by atoms with Crippen LogP contribution in [0.5, 0.6) is 0 Å². The fourth-order valence-corrected chi connectivity index (χ4v) is 27.2. The number of aryl methyl sites for hydroxylation is 1. The summed E-state index contributed by atoms with van der Waals surface area (Å²) in [5, 5.41) is 0. The summed E-state index contributed by atoms with van der Waals surface area (Å²) in [6.45, 7) is -31.8. The van der Waals surface area contributed by atoms with Gasteiger partial charge in [-0.3, -0.25) is 81.5 Å². The van der Waals surface area contributed by atoms with E-state index in [1.807, 2.05) is 0 Å². The molecule has 0 aliphatic carbocycles. The Kier molecular flexibility index (Phi) is 33.5. The van der Waals surface area contributed by atoms with Gasteiger partial charge < -0.3 is 176 Å². The molecule has 10 aromatic heterocycles. The molecule has 148 heavy (non-hydrogen) atoms. The lowest BCUT2D eigenvalue weighted by atomic mass is 10.1. The van der Waals surface area contributed by atoms with Crippen LogP contribution in [0.4, 0.5) is 23.7 Å². The smallest absolute Gasteiger partial charge is 0.347 e. The molecule has 17 rings (SSSR count). The first kappa shape index (κ1) is 112. The van der Waals surface area contributed by atoms with Crippen molar-refractivity contribution < 1.29 is 130 Å². The minimum absolute atomic E-state index is 0.0340. The van der Waals surface area contributed by atoms with Gasteiger partial charge in [0.1, 0.15) is 126 Å². The summed E-state index contributed by atoms with van der Waals surface area (Å²) in [6, 6.07) is 0. The Morgan fingerprint density at radius 2 is 0.682 bits per heavy atom. The van der Waals surface area contributed by atoms with Crippen molar-refractivity contribution in [1.82, 2.24) is 98.0 Å². The number of nitrogens with two attached hydrogens (primary N) is 4. The molecular weight excluding hydrogens is 2250 g/mol. The van der Waals surface area contributed by atoms with Crippen molar-refractivity contribution in [3.8, 4) is 0 Å². The highest BCUT2D eigenvalue weighted by atomic mass is 32.7. The van der Waals surface area contributed by atoms with Crippen molar-refractivity contribution in [2.75, 3.05) is 69.7 Å². The number of aromatic nitrogens is 20. The average molecular weight is 2340 g/mol. The van der Waals surface area contributed by atoms with Gasteiger partial charge in [-0.15, -0.1) is 0 Å². The first-order valence-electron chi connectivity index (χ1n) is 44.1. The van der Waals surface area contributed by atoms with E-state index in [4.69, 9.17) is 203 Å². The van der Waals surface area contributed by atoms with Crippen molar-refractivity contribution in [3.05, 3.63) is 169 Å². The second-order valence-electron chi connectivity index (χ2n) is 34.3. The fraction of sp³-hybridized carbons (Fsp3) is 0.569. The Morgan fingerprint density at radius 3 is 1.03 bits per heavy atom. The standard InChI is InChI=1S/C72H95N24O38P7S7/c1-7-29-33(11-46(124-29)93-15-25(2)60(97)92-72(93)106)131-138(110,145)115-17-41-31(9-38(122-41)51-27(4)61(98)90-70(104)81-51)129-136(108,143)119-20-44-36(14-49(126-44)96-24-79-55-59(96)86-68(76)89-65(55)102)134-141(113,148)120-21-45-35(13-48(127-45)95-23-78-54-58(95)85-67(75)88-64(54)101)133-140(112,147)117-18-42-32(10-39(123-42)52-28(5)62(99)91-71(105)82-52)130-137(109,144)118-19-43-34(12-47(125-43)94-22-77-53-57(94)84-66(74)87-63(53)100)132-139(111,146)116-16-40-30(128-135(107,142)114-6)8-37(121-40)50-26(3)56(73)83-69(103)80-50/h15,22-24,29-49H,7-14,16-21H2,1-6H3,(H,107,142)(H,108,143)(H,109,144)(H,110,145)(H,111,146)(H,112,147)(H,113,148)(H,92,97,106)(H3,73,80,83,103)(H3,74,84,87,100)(H3,75,85,88,101)(H3,76,86,89,102)(H2,81,90,98,104)(H2,82,91,99,105)/p-7/t29-,30?,31?,32?,33?,34?,35?,36?,37-,38-,39-,40-,41-,42-,43-,44-,45-,46-,47-,48-,49-,135?,136?,137?,138?,139?,140?,141?/m1/s1. The Morgan fingerprint density at radius 1 is 0.378 bits per heavy atom. The number of nitrogen functional groups attached to an aromatic ring is 4. The van der Waals surface area contributed by atoms with Gasteiger partial charge in [-0.05, 0) is 34.1 Å². The molecule has 0 spiro atoms. The normalized spacial score (nSPS) is 29.2. The first-order chi connectivity index (χ1) is 69.6. The van der Waals surface area contributed by atoms with Crippen LogP contribution < -0.4 is 108 Å². The molecule has 0 bridgehead atoms. The number of rotatable bonds is 41. The fourth-order valence-electron chi connectivity index (χ4n) is 17.5. The highest BCUT2D eigenvalue weighted by molar-refractivity contribution is 8.32. The molecule has 808 valence electrons. The van der Waals surface area contributed by atoms with Crippen LogP contribution in [0.2, 0.25) is 0 Å². The van der Waals surface area contributed by atoms with Crippen LogP contribution in [-0.4, -0.2) is 230 Å². The molecule has 0 saturated carbocycles. The summed E-state index contributed by atoms with van der Waals surface area (Å²) in [6.07, 6.45) is -26.5. The largest absolute Gasteiger partial charge is 0.780 e. The number of hydrogen-bond donors (Lipinski definition) is 13. The topological polar surface area (TPSA) is 876 Å². The molecule has 7 aliphatic rings. The highest BCUT2D eigenvalue weighted by Crippen LogP contribution is 2.58. The molecule has 76 heteroatoms. The molecule has 17 heterocycles. The summed E-state index contributed by atoms with van der Waals surface area (Å²) in [7, 11) is 1.03. The number of ether oxygens (including phenoxy) is 7. The van der Waals surface area contributed by atoms with Gasteiger partial charge in [-0.2, -0.15) is 19.9 Å². The van der Waals surface area contributed by atoms with Crippen molar-refractivity contribution in [3.63, 3.8) is 0 Å². The molecule has 10 aromatic rings. The van der Waals surface area contributed by atoms with Crippen LogP contribution in [-0.2, 0) is 184 Å². The van der Waals surface area contributed by atoms with Crippen LogP contribution in [0.1, 0.15) is 141 Å². The molecule has 62 nitrogen and oxygen atoms in total. The second-order valence-corrected chi connectivity index (χ2v) is 53.4. The monoisotopic (exact) mass is 2340 g/mol. The van der Waals surface area contributed by atoms with Crippen LogP contribution >= 0.6 is 47.1 Å². The minimum Gasteiger partial charge on any atom is -0.780 e. The van der Waals surface area contributed by atoms with E-state index in [2.05, 4.69) is 79.7 Å². The molecule has 17 N–H and O–H groups in total. The number of hydrogen-bond acceptors (Lipinski definition) is 56. The van der Waals surface area contributed by atoms with Crippen molar-refractivity contribution >= 4 is 187 Å². The molecule has 0 radical (unpaired) electrons. The Labute approximate surface area is 863 Å². The van der Waals surface area contributed by atoms with Gasteiger partial charge in [0.15, 0.2) is 40.3 Å². The first-order valence-corrected chi connectivity index (χ1v) is 62.0. The summed E-state index contributed by atoms with van der Waals surface area (Å²) in [5.74, 6) is -1.23. The maximum Gasteiger partial charge on any atom is 0.347 e. The molecule has 14 unspecified atom stereocenters. The summed E-state index contributed by atoms with van der Waals surface area (Å²) in [4.78, 5) is 265. The molecule has 7 saturated heterocycles. The molecular formula is C72H88N24O38P7S7-7. The van der Waals surface area contributed by atoms with Crippen molar-refractivity contribution in [2.45, 2.75) is 215 Å². The Hall–Kier alpha value is -7.43. The number of fused-ring (bicyclic) bond motifs is 3. The van der Waals surface area contributed by atoms with Crippen molar-refractivity contribution in [2.24, 2.45) is 0 Å². The lowest BCUT2D eigenvalue weighted by Crippen LogP contribution is -2.34. The minimum atomic E-state index is -5.10. The number of aromatic amines is 9. The Balaban J connectivity index is 0.594. The van der Waals surface area contributed by atoms with E-state index < -0.39 is 291 Å². The zero-order valence-electron chi connectivity index (χ0n) is 77.1. The van der Waals surface area contributed by atoms with Crippen LogP contribution in [0.15, 0.2) is 73.1 Å². The third-order valence-corrected chi connectivity index (χ3v) is 35.7. The lowest BCUT2D eigenvalue weighted by molar-refractivity contribution is -0.221. The zero-order chi connectivity index (χ0) is 106. The predicted octanol–water partition coefficient (Wildman–Crippen LogP) is -3.91. The van der Waals surface area contributed by atoms with E-state index >= 15 is 9.79 Å². The van der Waals surface area contributed by atoms with E-state index in [1.54, 1.807) is 6.92 Å². The maximum absolute atomic E-state index is 15.1. The van der Waals surface area contributed by atoms with Gasteiger partial charge in [0.05, 0.1) is 125 Å². The van der Waals surface area contributed by atoms with Gasteiger partial charge in [0.2, 0.25) is 17.8 Å². The lowest BCUT2D eigenvalue weighted by Gasteiger charge is -2.36. The number of nitrogens with one attached hydrogen (secondary N) is 9. The summed E-state index contributed by atoms with van der Waals surface area (Å²) >= 11 is 38.0. The number of H-pyrrole nitrogens is 9.